The molecule has 1 fully saturated rings. The number of amides is 1. The van der Waals surface area contributed by atoms with Gasteiger partial charge in [-0.15, -0.1) is 6.58 Å². The average Bonchev–Trinajstić information content (AvgIpc) is 2.93. The fourth-order valence-corrected chi connectivity index (χ4v) is 1.65. The summed E-state index contributed by atoms with van der Waals surface area (Å²) in [5.74, 6) is 0.767. The molecule has 0 aromatic carbocycles. The molecular formula is C11H14N2O2. The summed E-state index contributed by atoms with van der Waals surface area (Å²) < 4.78 is 5.00. The minimum absolute atomic E-state index is 0.0238. The monoisotopic (exact) mass is 206 g/mol. The lowest BCUT2D eigenvalue weighted by molar-refractivity contribution is -0.123. The van der Waals surface area contributed by atoms with Crippen LogP contribution in [0, 0.1) is 6.92 Å². The first-order valence-electron chi connectivity index (χ1n) is 5.02. The van der Waals surface area contributed by atoms with Crippen molar-refractivity contribution in [3.8, 4) is 0 Å². The third kappa shape index (κ3) is 1.67. The molecule has 0 saturated heterocycles. The van der Waals surface area contributed by atoms with Gasteiger partial charge < -0.3 is 9.84 Å². The number of rotatable bonds is 4. The lowest BCUT2D eigenvalue weighted by Crippen LogP contribution is -2.34. The van der Waals surface area contributed by atoms with Crippen LogP contribution in [0.25, 0.3) is 0 Å². The minimum atomic E-state index is -0.430. The van der Waals surface area contributed by atoms with Gasteiger partial charge >= 0.3 is 0 Å². The lowest BCUT2D eigenvalue weighted by atomic mass is 10.0. The smallest absolute Gasteiger partial charge is 0.232 e. The number of aryl methyl sites for hydroxylation is 1. The van der Waals surface area contributed by atoms with Crippen molar-refractivity contribution < 1.29 is 9.32 Å². The van der Waals surface area contributed by atoms with Crippen LogP contribution in [0.15, 0.2) is 23.2 Å². The van der Waals surface area contributed by atoms with Crippen molar-refractivity contribution in [1.82, 2.24) is 10.5 Å². The molecule has 0 bridgehead atoms. The van der Waals surface area contributed by atoms with Crippen molar-refractivity contribution in [2.45, 2.75) is 25.2 Å². The van der Waals surface area contributed by atoms with E-state index < -0.39 is 5.41 Å². The van der Waals surface area contributed by atoms with E-state index in [1.54, 1.807) is 6.08 Å². The first kappa shape index (κ1) is 9.96. The van der Waals surface area contributed by atoms with E-state index in [1.807, 2.05) is 13.0 Å². The van der Waals surface area contributed by atoms with E-state index in [0.717, 1.165) is 24.3 Å². The van der Waals surface area contributed by atoms with Gasteiger partial charge in [0.1, 0.15) is 5.76 Å². The van der Waals surface area contributed by atoms with Crippen LogP contribution < -0.4 is 5.32 Å². The highest BCUT2D eigenvalue weighted by molar-refractivity contribution is 5.90. The molecule has 0 aliphatic heterocycles. The Morgan fingerprint density at radius 2 is 2.53 bits per heavy atom. The van der Waals surface area contributed by atoms with Crippen molar-refractivity contribution in [2.24, 2.45) is 0 Å². The molecule has 1 amide bonds. The lowest BCUT2D eigenvalue weighted by Gasteiger charge is -2.10. The molecule has 1 aromatic heterocycles. The molecule has 15 heavy (non-hydrogen) atoms. The number of carbonyl (C=O) groups is 1. The first-order valence-corrected chi connectivity index (χ1v) is 5.02. The number of aromatic nitrogens is 1. The molecule has 1 aliphatic carbocycles. The highest BCUT2D eigenvalue weighted by Gasteiger charge is 2.53. The van der Waals surface area contributed by atoms with Gasteiger partial charge in [0.2, 0.25) is 5.91 Å². The van der Waals surface area contributed by atoms with Crippen LogP contribution >= 0.6 is 0 Å². The zero-order valence-corrected chi connectivity index (χ0v) is 8.75. The second-order valence-electron chi connectivity index (χ2n) is 3.90. The average molecular weight is 206 g/mol. The number of nitrogens with one attached hydrogen (secondary N) is 1. The summed E-state index contributed by atoms with van der Waals surface area (Å²) in [4.78, 5) is 11.9. The standard InChI is InChI=1S/C11H14N2O2/c1-3-6-12-10(14)11(4-5-11)9-7-8(2)15-13-9/h3,7H,1,4-6H2,2H3,(H,12,14). The van der Waals surface area contributed by atoms with Gasteiger partial charge in [-0.05, 0) is 19.8 Å². The molecule has 0 unspecified atom stereocenters. The van der Waals surface area contributed by atoms with Gasteiger partial charge in [-0.25, -0.2) is 0 Å². The maximum Gasteiger partial charge on any atom is 0.232 e. The Hall–Kier alpha value is -1.58. The number of carbonyl (C=O) groups excluding carboxylic acids is 1. The Morgan fingerprint density at radius 3 is 3.00 bits per heavy atom. The van der Waals surface area contributed by atoms with Crippen LogP contribution in [-0.4, -0.2) is 17.6 Å². The van der Waals surface area contributed by atoms with Crippen LogP contribution in [0.3, 0.4) is 0 Å². The Balaban J connectivity index is 2.13. The van der Waals surface area contributed by atoms with Gasteiger partial charge in [0.15, 0.2) is 0 Å². The molecule has 1 heterocycles. The summed E-state index contributed by atoms with van der Waals surface area (Å²) in [6, 6.07) is 1.83. The molecule has 1 aromatic rings. The molecule has 0 radical (unpaired) electrons. The zero-order valence-electron chi connectivity index (χ0n) is 8.75. The van der Waals surface area contributed by atoms with Gasteiger partial charge in [-0.1, -0.05) is 11.2 Å². The quantitative estimate of drug-likeness (QED) is 0.756. The molecule has 1 N–H and O–H groups in total. The normalized spacial score (nSPS) is 17.1. The van der Waals surface area contributed by atoms with E-state index in [9.17, 15) is 4.79 Å². The maximum absolute atomic E-state index is 11.9. The fourth-order valence-electron chi connectivity index (χ4n) is 1.65. The Labute approximate surface area is 88.3 Å². The number of hydrogen-bond acceptors (Lipinski definition) is 3. The van der Waals surface area contributed by atoms with Crippen LogP contribution in [-0.2, 0) is 10.2 Å². The number of hydrogen-bond donors (Lipinski definition) is 1. The van der Waals surface area contributed by atoms with Gasteiger partial charge in [-0.2, -0.15) is 0 Å². The van der Waals surface area contributed by atoms with Gasteiger partial charge in [0.25, 0.3) is 0 Å². The largest absolute Gasteiger partial charge is 0.361 e. The maximum atomic E-state index is 11.9. The Morgan fingerprint density at radius 1 is 1.80 bits per heavy atom. The van der Waals surface area contributed by atoms with Crippen molar-refractivity contribution in [2.75, 3.05) is 6.54 Å². The van der Waals surface area contributed by atoms with Crippen molar-refractivity contribution in [3.05, 3.63) is 30.2 Å². The minimum Gasteiger partial charge on any atom is -0.361 e. The van der Waals surface area contributed by atoms with Gasteiger partial charge in [0, 0.05) is 12.6 Å². The molecule has 1 saturated carbocycles. The summed E-state index contributed by atoms with van der Waals surface area (Å²) in [5.41, 5.74) is 0.322. The van der Waals surface area contributed by atoms with E-state index in [-0.39, 0.29) is 5.91 Å². The third-order valence-corrected chi connectivity index (χ3v) is 2.71. The molecule has 4 nitrogen and oxygen atoms in total. The molecule has 4 heteroatoms. The summed E-state index contributed by atoms with van der Waals surface area (Å²) in [5, 5.41) is 6.72. The van der Waals surface area contributed by atoms with E-state index in [0.29, 0.717) is 6.54 Å². The van der Waals surface area contributed by atoms with E-state index in [1.165, 1.54) is 0 Å². The molecule has 1 aliphatic rings. The third-order valence-electron chi connectivity index (χ3n) is 2.71. The SMILES string of the molecule is C=CCNC(=O)C1(c2cc(C)on2)CC1. The number of nitrogens with zero attached hydrogens (tertiary/aromatic N) is 1. The van der Waals surface area contributed by atoms with Gasteiger partial charge in [-0.3, -0.25) is 4.79 Å². The first-order chi connectivity index (χ1) is 7.19. The molecule has 2 rings (SSSR count). The molecular weight excluding hydrogens is 192 g/mol. The van der Waals surface area contributed by atoms with Crippen LogP contribution in [0.2, 0.25) is 0 Å². The van der Waals surface area contributed by atoms with Crippen molar-refractivity contribution in [3.63, 3.8) is 0 Å². The van der Waals surface area contributed by atoms with Gasteiger partial charge in [0.05, 0.1) is 11.1 Å². The predicted octanol–water partition coefficient (Wildman–Crippen LogP) is 1.32. The van der Waals surface area contributed by atoms with Crippen molar-refractivity contribution >= 4 is 5.91 Å². The van der Waals surface area contributed by atoms with Crippen LogP contribution in [0.1, 0.15) is 24.3 Å². The van der Waals surface area contributed by atoms with Crippen LogP contribution in [0.4, 0.5) is 0 Å². The highest BCUT2D eigenvalue weighted by atomic mass is 16.5. The Kier molecular flexibility index (Phi) is 2.34. The predicted molar refractivity (Wildman–Crippen MR) is 55.4 cm³/mol. The topological polar surface area (TPSA) is 55.1 Å². The fraction of sp³-hybridized carbons (Fsp3) is 0.455. The second kappa shape index (κ2) is 3.53. The van der Waals surface area contributed by atoms with Crippen LogP contribution in [0.5, 0.6) is 0 Å². The zero-order chi connectivity index (χ0) is 10.9. The second-order valence-corrected chi connectivity index (χ2v) is 3.90. The summed E-state index contributed by atoms with van der Waals surface area (Å²) in [6.07, 6.45) is 3.37. The van der Waals surface area contributed by atoms with Crippen molar-refractivity contribution in [1.29, 1.82) is 0 Å². The highest BCUT2D eigenvalue weighted by Crippen LogP contribution is 2.47. The van der Waals surface area contributed by atoms with E-state index in [4.69, 9.17) is 4.52 Å². The summed E-state index contributed by atoms with van der Waals surface area (Å²) >= 11 is 0. The molecule has 0 atom stereocenters. The Bertz CT molecular complexity index is 391. The van der Waals surface area contributed by atoms with E-state index in [2.05, 4.69) is 17.1 Å². The molecule has 80 valence electrons. The van der Waals surface area contributed by atoms with E-state index >= 15 is 0 Å². The molecule has 0 spiro atoms. The summed E-state index contributed by atoms with van der Waals surface area (Å²) in [7, 11) is 0. The summed E-state index contributed by atoms with van der Waals surface area (Å²) in [6.45, 7) is 5.89.